The van der Waals surface area contributed by atoms with Crippen molar-refractivity contribution in [1.82, 2.24) is 4.98 Å². The van der Waals surface area contributed by atoms with E-state index in [1.165, 1.54) is 0 Å². The third-order valence-electron chi connectivity index (χ3n) is 4.35. The predicted octanol–water partition coefficient (Wildman–Crippen LogP) is 3.27. The minimum Gasteiger partial charge on any atom is -0.357 e. The standard InChI is InChI=1S/C19H16N2O2/c22-18-13-8-5-11-16(13)21-17-14(18)9-4-10-15(17)19(23)20-12-6-2-1-3-7-12/h1-4,6-7,9-10H,5,8,11H2,(H,20,23)(H,21,22). The van der Waals surface area contributed by atoms with E-state index < -0.39 is 0 Å². The Labute approximate surface area is 133 Å². The van der Waals surface area contributed by atoms with Crippen LogP contribution in [0.1, 0.15) is 28.0 Å². The summed E-state index contributed by atoms with van der Waals surface area (Å²) in [5, 5.41) is 3.47. The molecule has 0 saturated carbocycles. The lowest BCUT2D eigenvalue weighted by molar-refractivity contribution is 0.102. The molecule has 1 aliphatic rings. The number of amides is 1. The quantitative estimate of drug-likeness (QED) is 0.763. The number of fused-ring (bicyclic) bond motifs is 2. The fourth-order valence-electron chi connectivity index (χ4n) is 3.23. The van der Waals surface area contributed by atoms with E-state index in [2.05, 4.69) is 10.3 Å². The Kier molecular flexibility index (Phi) is 3.23. The predicted molar refractivity (Wildman–Crippen MR) is 91.0 cm³/mol. The Bertz CT molecular complexity index is 958. The van der Waals surface area contributed by atoms with Crippen molar-refractivity contribution >= 4 is 22.5 Å². The van der Waals surface area contributed by atoms with Gasteiger partial charge in [0.05, 0.1) is 11.1 Å². The van der Waals surface area contributed by atoms with E-state index in [0.29, 0.717) is 16.5 Å². The number of aromatic nitrogens is 1. The van der Waals surface area contributed by atoms with Crippen molar-refractivity contribution in [3.63, 3.8) is 0 Å². The Morgan fingerprint density at radius 3 is 2.65 bits per heavy atom. The Morgan fingerprint density at radius 2 is 1.83 bits per heavy atom. The van der Waals surface area contributed by atoms with Crippen LogP contribution < -0.4 is 10.7 Å². The summed E-state index contributed by atoms with van der Waals surface area (Å²) in [7, 11) is 0. The van der Waals surface area contributed by atoms with Crippen molar-refractivity contribution in [2.24, 2.45) is 0 Å². The fourth-order valence-corrected chi connectivity index (χ4v) is 3.23. The van der Waals surface area contributed by atoms with Crippen molar-refractivity contribution in [3.05, 3.63) is 75.6 Å². The van der Waals surface area contributed by atoms with E-state index in [9.17, 15) is 9.59 Å². The molecule has 0 aliphatic heterocycles. The van der Waals surface area contributed by atoms with Crippen LogP contribution in [0.5, 0.6) is 0 Å². The van der Waals surface area contributed by atoms with Crippen LogP contribution in [0.15, 0.2) is 53.3 Å². The van der Waals surface area contributed by atoms with Gasteiger partial charge in [0.25, 0.3) is 5.91 Å². The number of hydrogen-bond acceptors (Lipinski definition) is 2. The Hall–Kier alpha value is -2.88. The van der Waals surface area contributed by atoms with Crippen molar-refractivity contribution in [3.8, 4) is 0 Å². The minimum atomic E-state index is -0.213. The van der Waals surface area contributed by atoms with E-state index in [1.54, 1.807) is 18.2 Å². The number of aryl methyl sites for hydroxylation is 1. The fraction of sp³-hybridized carbons (Fsp3) is 0.158. The zero-order valence-electron chi connectivity index (χ0n) is 12.6. The maximum absolute atomic E-state index is 12.6. The second-order valence-corrected chi connectivity index (χ2v) is 5.81. The van der Waals surface area contributed by atoms with Crippen LogP contribution in [0.25, 0.3) is 10.9 Å². The molecule has 0 atom stereocenters. The minimum absolute atomic E-state index is 0.0561. The molecule has 0 unspecified atom stereocenters. The van der Waals surface area contributed by atoms with Gasteiger partial charge in [0.2, 0.25) is 0 Å². The molecule has 2 aromatic carbocycles. The molecule has 0 saturated heterocycles. The summed E-state index contributed by atoms with van der Waals surface area (Å²) in [6.07, 6.45) is 2.68. The van der Waals surface area contributed by atoms with Crippen molar-refractivity contribution < 1.29 is 4.79 Å². The first-order valence-electron chi connectivity index (χ1n) is 7.77. The lowest BCUT2D eigenvalue weighted by atomic mass is 10.1. The molecule has 1 heterocycles. The maximum atomic E-state index is 12.6. The maximum Gasteiger partial charge on any atom is 0.257 e. The normalized spacial score (nSPS) is 13.0. The third kappa shape index (κ3) is 2.32. The summed E-state index contributed by atoms with van der Waals surface area (Å²) in [6, 6.07) is 14.6. The highest BCUT2D eigenvalue weighted by molar-refractivity contribution is 6.11. The Morgan fingerprint density at radius 1 is 1.00 bits per heavy atom. The molecule has 114 valence electrons. The van der Waals surface area contributed by atoms with Gasteiger partial charge in [-0.15, -0.1) is 0 Å². The number of pyridine rings is 1. The number of aromatic amines is 1. The zero-order valence-corrected chi connectivity index (χ0v) is 12.6. The molecule has 1 amide bonds. The van der Waals surface area contributed by atoms with Crippen LogP contribution in [-0.4, -0.2) is 10.9 Å². The number of carbonyl (C=O) groups excluding carboxylic acids is 1. The lowest BCUT2D eigenvalue weighted by Crippen LogP contribution is -2.16. The first kappa shape index (κ1) is 13.8. The molecule has 1 aromatic heterocycles. The van der Waals surface area contributed by atoms with Crippen LogP contribution in [0, 0.1) is 0 Å². The van der Waals surface area contributed by atoms with Gasteiger partial charge in [-0.1, -0.05) is 24.3 Å². The molecule has 23 heavy (non-hydrogen) atoms. The lowest BCUT2D eigenvalue weighted by Gasteiger charge is -2.10. The monoisotopic (exact) mass is 304 g/mol. The van der Waals surface area contributed by atoms with Crippen molar-refractivity contribution in [2.75, 3.05) is 5.32 Å². The average molecular weight is 304 g/mol. The number of para-hydroxylation sites is 2. The van der Waals surface area contributed by atoms with Gasteiger partial charge in [-0.3, -0.25) is 9.59 Å². The summed E-state index contributed by atoms with van der Waals surface area (Å²) in [5.41, 5.74) is 3.77. The van der Waals surface area contributed by atoms with Gasteiger partial charge in [0, 0.05) is 22.3 Å². The molecular formula is C19H16N2O2. The second kappa shape index (κ2) is 5.39. The van der Waals surface area contributed by atoms with Crippen molar-refractivity contribution in [2.45, 2.75) is 19.3 Å². The molecule has 1 aliphatic carbocycles. The second-order valence-electron chi connectivity index (χ2n) is 5.81. The molecule has 0 spiro atoms. The number of nitrogens with one attached hydrogen (secondary N) is 2. The van der Waals surface area contributed by atoms with Crippen LogP contribution in [0.3, 0.4) is 0 Å². The largest absolute Gasteiger partial charge is 0.357 e. The van der Waals surface area contributed by atoms with E-state index in [-0.39, 0.29) is 11.3 Å². The van der Waals surface area contributed by atoms with Gasteiger partial charge in [-0.2, -0.15) is 0 Å². The van der Waals surface area contributed by atoms with Crippen LogP contribution in [-0.2, 0) is 12.8 Å². The van der Waals surface area contributed by atoms with Gasteiger partial charge in [-0.25, -0.2) is 0 Å². The summed E-state index contributed by atoms with van der Waals surface area (Å²) in [5.74, 6) is -0.213. The van der Waals surface area contributed by atoms with Gasteiger partial charge in [-0.05, 0) is 43.5 Å². The first-order chi connectivity index (χ1) is 11.2. The van der Waals surface area contributed by atoms with Crippen LogP contribution in [0.4, 0.5) is 5.69 Å². The summed E-state index contributed by atoms with van der Waals surface area (Å²) in [4.78, 5) is 28.5. The summed E-state index contributed by atoms with van der Waals surface area (Å²) in [6.45, 7) is 0. The van der Waals surface area contributed by atoms with Crippen LogP contribution in [0.2, 0.25) is 0 Å². The highest BCUT2D eigenvalue weighted by Gasteiger charge is 2.20. The molecule has 2 N–H and O–H groups in total. The smallest absolute Gasteiger partial charge is 0.257 e. The Balaban J connectivity index is 1.83. The number of rotatable bonds is 2. The van der Waals surface area contributed by atoms with Gasteiger partial charge < -0.3 is 10.3 Å². The van der Waals surface area contributed by atoms with Crippen molar-refractivity contribution in [1.29, 1.82) is 0 Å². The van der Waals surface area contributed by atoms with Gasteiger partial charge in [0.1, 0.15) is 0 Å². The molecule has 4 heteroatoms. The van der Waals surface area contributed by atoms with E-state index >= 15 is 0 Å². The van der Waals surface area contributed by atoms with E-state index in [4.69, 9.17) is 0 Å². The molecular weight excluding hydrogens is 288 g/mol. The highest BCUT2D eigenvalue weighted by atomic mass is 16.1. The number of benzene rings is 2. The van der Waals surface area contributed by atoms with Gasteiger partial charge in [0.15, 0.2) is 5.43 Å². The number of H-pyrrole nitrogens is 1. The SMILES string of the molecule is O=C(Nc1ccccc1)c1cccc2c(=O)c3c([nH]c12)CCC3. The molecule has 3 aromatic rings. The number of carbonyl (C=O) groups is 1. The number of hydrogen-bond donors (Lipinski definition) is 2. The zero-order chi connectivity index (χ0) is 15.8. The van der Waals surface area contributed by atoms with E-state index in [1.807, 2.05) is 30.3 Å². The summed E-state index contributed by atoms with van der Waals surface area (Å²) < 4.78 is 0. The molecule has 4 rings (SSSR count). The van der Waals surface area contributed by atoms with E-state index in [0.717, 1.165) is 36.2 Å². The molecule has 0 bridgehead atoms. The average Bonchev–Trinajstić information content (AvgIpc) is 3.04. The topological polar surface area (TPSA) is 62.0 Å². The first-order valence-corrected chi connectivity index (χ1v) is 7.77. The van der Waals surface area contributed by atoms with Crippen LogP contribution >= 0.6 is 0 Å². The molecule has 4 nitrogen and oxygen atoms in total. The summed E-state index contributed by atoms with van der Waals surface area (Å²) >= 11 is 0. The molecule has 0 radical (unpaired) electrons. The highest BCUT2D eigenvalue weighted by Crippen LogP contribution is 2.23. The molecule has 0 fully saturated rings. The third-order valence-corrected chi connectivity index (χ3v) is 4.35. The number of anilines is 1. The van der Waals surface area contributed by atoms with Gasteiger partial charge >= 0.3 is 0 Å².